The Morgan fingerprint density at radius 2 is 2.00 bits per heavy atom. The van der Waals surface area contributed by atoms with Crippen molar-refractivity contribution in [2.24, 2.45) is 5.73 Å². The summed E-state index contributed by atoms with van der Waals surface area (Å²) in [7, 11) is 0. The number of nitrogens with two attached hydrogens (primary N) is 1. The van der Waals surface area contributed by atoms with E-state index in [-0.39, 0.29) is 17.9 Å². The molecular weight excluding hydrogens is 310 g/mol. The molecule has 2 amide bonds. The number of carbonyl (C=O) groups excluding carboxylic acids is 2. The summed E-state index contributed by atoms with van der Waals surface area (Å²) in [6, 6.07) is 2.26. The molecule has 3 heterocycles. The highest BCUT2D eigenvalue weighted by Crippen LogP contribution is 2.26. The number of thiophene rings is 1. The van der Waals surface area contributed by atoms with Crippen molar-refractivity contribution in [3.05, 3.63) is 28.5 Å². The summed E-state index contributed by atoms with van der Waals surface area (Å²) in [6.45, 7) is 2.45. The number of rotatable bonds is 4. The molecule has 5 nitrogen and oxygen atoms in total. The van der Waals surface area contributed by atoms with Crippen molar-refractivity contribution in [2.45, 2.75) is 37.8 Å². The molecule has 3 rings (SSSR count). The van der Waals surface area contributed by atoms with Gasteiger partial charge in [0.1, 0.15) is 0 Å². The van der Waals surface area contributed by atoms with Crippen molar-refractivity contribution in [1.82, 2.24) is 9.80 Å². The lowest BCUT2D eigenvalue weighted by atomic mass is 10.0. The molecule has 2 fully saturated rings. The maximum atomic E-state index is 12.2. The number of hydrogen-bond acceptors (Lipinski definition) is 4. The molecule has 0 bridgehead atoms. The first-order chi connectivity index (χ1) is 11.1. The SMILES string of the molecule is NC(=O)C1CCCN1C1CCN(C(=O)C=Cc2ccsc2)CC1. The molecule has 2 aliphatic heterocycles. The minimum absolute atomic E-state index is 0.0718. The Morgan fingerprint density at radius 1 is 1.22 bits per heavy atom. The van der Waals surface area contributed by atoms with Gasteiger partial charge in [0.2, 0.25) is 11.8 Å². The number of nitrogens with zero attached hydrogens (tertiary/aromatic N) is 2. The van der Waals surface area contributed by atoms with Gasteiger partial charge in [0, 0.05) is 25.2 Å². The zero-order valence-corrected chi connectivity index (χ0v) is 14.0. The fourth-order valence-corrected chi connectivity index (χ4v) is 4.22. The third kappa shape index (κ3) is 3.82. The smallest absolute Gasteiger partial charge is 0.246 e. The third-order valence-electron chi connectivity index (χ3n) is 4.83. The first-order valence-electron chi connectivity index (χ1n) is 8.19. The topological polar surface area (TPSA) is 66.6 Å². The van der Waals surface area contributed by atoms with Gasteiger partial charge >= 0.3 is 0 Å². The summed E-state index contributed by atoms with van der Waals surface area (Å²) in [4.78, 5) is 27.9. The molecule has 0 aromatic carbocycles. The number of primary amides is 1. The Balaban J connectivity index is 1.52. The van der Waals surface area contributed by atoms with Gasteiger partial charge in [-0.1, -0.05) is 0 Å². The predicted octanol–water partition coefficient (Wildman–Crippen LogP) is 1.70. The number of hydrogen-bond donors (Lipinski definition) is 1. The maximum absolute atomic E-state index is 12.2. The molecule has 2 N–H and O–H groups in total. The summed E-state index contributed by atoms with van der Waals surface area (Å²) in [5.74, 6) is -0.137. The van der Waals surface area contributed by atoms with E-state index in [4.69, 9.17) is 5.73 Å². The van der Waals surface area contributed by atoms with Crippen LogP contribution in [0.4, 0.5) is 0 Å². The fraction of sp³-hybridized carbons (Fsp3) is 0.529. The Labute approximate surface area is 140 Å². The van der Waals surface area contributed by atoms with Crippen LogP contribution in [0.5, 0.6) is 0 Å². The lowest BCUT2D eigenvalue weighted by molar-refractivity contribution is -0.129. The van der Waals surface area contributed by atoms with Crippen LogP contribution in [0.25, 0.3) is 6.08 Å². The summed E-state index contributed by atoms with van der Waals surface area (Å²) in [5, 5.41) is 4.02. The zero-order chi connectivity index (χ0) is 16.2. The molecule has 0 aliphatic carbocycles. The van der Waals surface area contributed by atoms with Crippen LogP contribution in [0.3, 0.4) is 0 Å². The summed E-state index contributed by atoms with van der Waals surface area (Å²) in [5.41, 5.74) is 6.57. The van der Waals surface area contributed by atoms with Crippen LogP contribution in [-0.2, 0) is 9.59 Å². The van der Waals surface area contributed by atoms with Crippen molar-refractivity contribution in [2.75, 3.05) is 19.6 Å². The van der Waals surface area contributed by atoms with Crippen molar-refractivity contribution < 1.29 is 9.59 Å². The first kappa shape index (κ1) is 16.2. The molecule has 1 aromatic rings. The monoisotopic (exact) mass is 333 g/mol. The molecule has 0 radical (unpaired) electrons. The van der Waals surface area contributed by atoms with Crippen molar-refractivity contribution in [3.63, 3.8) is 0 Å². The van der Waals surface area contributed by atoms with E-state index in [1.54, 1.807) is 17.4 Å². The molecular formula is C17H23N3O2S. The van der Waals surface area contributed by atoms with Crippen LogP contribution in [0.15, 0.2) is 22.9 Å². The Hall–Kier alpha value is -1.66. The number of amides is 2. The van der Waals surface area contributed by atoms with Gasteiger partial charge in [-0.05, 0) is 60.7 Å². The van der Waals surface area contributed by atoms with Crippen molar-refractivity contribution in [3.8, 4) is 0 Å². The van der Waals surface area contributed by atoms with Gasteiger partial charge in [-0.25, -0.2) is 0 Å². The predicted molar refractivity (Wildman–Crippen MR) is 91.9 cm³/mol. The normalized spacial score (nSPS) is 23.7. The van der Waals surface area contributed by atoms with E-state index in [1.165, 1.54) is 0 Å². The molecule has 0 spiro atoms. The second-order valence-electron chi connectivity index (χ2n) is 6.24. The molecule has 1 atom stereocenters. The highest BCUT2D eigenvalue weighted by molar-refractivity contribution is 7.08. The minimum atomic E-state index is -0.209. The molecule has 6 heteroatoms. The van der Waals surface area contributed by atoms with Crippen LogP contribution >= 0.6 is 11.3 Å². The molecule has 23 heavy (non-hydrogen) atoms. The van der Waals surface area contributed by atoms with E-state index in [9.17, 15) is 9.59 Å². The third-order valence-corrected chi connectivity index (χ3v) is 5.53. The van der Waals surface area contributed by atoms with Crippen molar-refractivity contribution in [1.29, 1.82) is 0 Å². The molecule has 1 unspecified atom stereocenters. The lowest BCUT2D eigenvalue weighted by Gasteiger charge is -2.38. The molecule has 124 valence electrons. The van der Waals surface area contributed by atoms with Gasteiger partial charge in [-0.2, -0.15) is 11.3 Å². The Kier molecular flexibility index (Phi) is 5.13. The van der Waals surface area contributed by atoms with Gasteiger partial charge in [0.05, 0.1) is 6.04 Å². The van der Waals surface area contributed by atoms with Gasteiger partial charge in [0.25, 0.3) is 0 Å². The standard InChI is InChI=1S/C17H23N3O2S/c18-17(22)15-2-1-8-20(15)14-5-9-19(10-6-14)16(21)4-3-13-7-11-23-12-13/h3-4,7,11-12,14-15H,1-2,5-6,8-10H2,(H2,18,22). The van der Waals surface area contributed by atoms with E-state index < -0.39 is 0 Å². The lowest BCUT2D eigenvalue weighted by Crippen LogP contribution is -2.51. The average Bonchev–Trinajstić information content (AvgIpc) is 3.24. The van der Waals surface area contributed by atoms with Gasteiger partial charge in [-0.3, -0.25) is 14.5 Å². The molecule has 1 aromatic heterocycles. The Morgan fingerprint density at radius 3 is 2.65 bits per heavy atom. The fourth-order valence-electron chi connectivity index (χ4n) is 3.59. The molecule has 0 saturated carbocycles. The van der Waals surface area contributed by atoms with Crippen LogP contribution < -0.4 is 5.73 Å². The first-order valence-corrected chi connectivity index (χ1v) is 9.13. The number of carbonyl (C=O) groups is 2. The number of piperidine rings is 1. The highest BCUT2D eigenvalue weighted by Gasteiger charge is 2.35. The van der Waals surface area contributed by atoms with Crippen LogP contribution in [0, 0.1) is 0 Å². The highest BCUT2D eigenvalue weighted by atomic mass is 32.1. The largest absolute Gasteiger partial charge is 0.368 e. The van der Waals surface area contributed by atoms with Gasteiger partial charge in [0.15, 0.2) is 0 Å². The van der Waals surface area contributed by atoms with Crippen molar-refractivity contribution >= 4 is 29.2 Å². The maximum Gasteiger partial charge on any atom is 0.246 e. The zero-order valence-electron chi connectivity index (χ0n) is 13.2. The van der Waals surface area contributed by atoms with E-state index in [1.807, 2.05) is 27.8 Å². The van der Waals surface area contributed by atoms with E-state index in [0.717, 1.165) is 50.9 Å². The summed E-state index contributed by atoms with van der Waals surface area (Å²) >= 11 is 1.62. The second kappa shape index (κ2) is 7.27. The number of likely N-dealkylation sites (tertiary alicyclic amines) is 2. The van der Waals surface area contributed by atoms with Gasteiger partial charge in [-0.15, -0.1) is 0 Å². The van der Waals surface area contributed by atoms with Gasteiger partial charge < -0.3 is 10.6 Å². The van der Waals surface area contributed by atoms with Crippen LogP contribution in [-0.4, -0.2) is 53.3 Å². The Bertz CT molecular complexity index is 577. The summed E-state index contributed by atoms with van der Waals surface area (Å²) in [6.07, 6.45) is 7.27. The second-order valence-corrected chi connectivity index (χ2v) is 7.02. The van der Waals surface area contributed by atoms with E-state index in [0.29, 0.717) is 6.04 Å². The summed E-state index contributed by atoms with van der Waals surface area (Å²) < 4.78 is 0. The molecule has 2 aliphatic rings. The van der Waals surface area contributed by atoms with E-state index >= 15 is 0 Å². The minimum Gasteiger partial charge on any atom is -0.368 e. The van der Waals surface area contributed by atoms with Crippen LogP contribution in [0.1, 0.15) is 31.2 Å². The molecule has 2 saturated heterocycles. The average molecular weight is 333 g/mol. The van der Waals surface area contributed by atoms with Crippen LogP contribution in [0.2, 0.25) is 0 Å². The van der Waals surface area contributed by atoms with E-state index in [2.05, 4.69) is 4.90 Å². The quantitative estimate of drug-likeness (QED) is 0.853.